The number of rotatable bonds is 9. The van der Waals surface area contributed by atoms with E-state index in [9.17, 15) is 4.79 Å². The molecule has 0 spiro atoms. The number of hydrogen-bond donors (Lipinski definition) is 1. The molecule has 0 unspecified atom stereocenters. The maximum Gasteiger partial charge on any atom is 0.230 e. The summed E-state index contributed by atoms with van der Waals surface area (Å²) >= 11 is 1.40. The lowest BCUT2D eigenvalue weighted by atomic mass is 10.1. The monoisotopic (exact) mass is 347 g/mol. The number of aromatic nitrogens is 4. The number of pyridine rings is 1. The highest BCUT2D eigenvalue weighted by molar-refractivity contribution is 7.99. The van der Waals surface area contributed by atoms with Crippen LogP contribution in [0.4, 0.5) is 0 Å². The summed E-state index contributed by atoms with van der Waals surface area (Å²) in [5.74, 6) is 1.16. The van der Waals surface area contributed by atoms with Crippen molar-refractivity contribution in [3.05, 3.63) is 24.5 Å². The molecule has 24 heavy (non-hydrogen) atoms. The van der Waals surface area contributed by atoms with Gasteiger partial charge in [0.25, 0.3) is 0 Å². The second-order valence-electron chi connectivity index (χ2n) is 5.85. The van der Waals surface area contributed by atoms with Crippen LogP contribution in [-0.4, -0.2) is 37.5 Å². The average Bonchev–Trinajstić information content (AvgIpc) is 2.95. The Morgan fingerprint density at radius 2 is 2.04 bits per heavy atom. The Hall–Kier alpha value is -1.89. The predicted molar refractivity (Wildman–Crippen MR) is 96.7 cm³/mol. The van der Waals surface area contributed by atoms with Crippen LogP contribution in [-0.2, 0) is 11.8 Å². The van der Waals surface area contributed by atoms with Gasteiger partial charge < -0.3 is 9.88 Å². The van der Waals surface area contributed by atoms with Gasteiger partial charge in [-0.15, -0.1) is 10.2 Å². The first-order valence-electron chi connectivity index (χ1n) is 8.33. The van der Waals surface area contributed by atoms with Gasteiger partial charge in [-0.3, -0.25) is 9.78 Å². The number of nitrogens with zero attached hydrogens (tertiary/aromatic N) is 4. The highest BCUT2D eigenvalue weighted by atomic mass is 32.2. The lowest BCUT2D eigenvalue weighted by molar-refractivity contribution is -0.119. The van der Waals surface area contributed by atoms with Gasteiger partial charge in [-0.25, -0.2) is 0 Å². The van der Waals surface area contributed by atoms with Crippen molar-refractivity contribution in [3.63, 3.8) is 0 Å². The SMILES string of the molecule is CCCCC[C@@H](C)NC(=O)CSc1nnc(-c2ccncc2)n1C. The maximum atomic E-state index is 12.0. The summed E-state index contributed by atoms with van der Waals surface area (Å²) < 4.78 is 1.90. The second kappa shape index (κ2) is 9.42. The molecule has 0 aliphatic carbocycles. The third kappa shape index (κ3) is 5.33. The summed E-state index contributed by atoms with van der Waals surface area (Å²) in [6.07, 6.45) is 8.05. The number of amides is 1. The van der Waals surface area contributed by atoms with E-state index in [-0.39, 0.29) is 11.9 Å². The molecule has 2 heterocycles. The Morgan fingerprint density at radius 1 is 1.29 bits per heavy atom. The standard InChI is InChI=1S/C17H25N5OS/c1-4-5-6-7-13(2)19-15(23)12-24-17-21-20-16(22(17)3)14-8-10-18-11-9-14/h8-11,13H,4-7,12H2,1-3H3,(H,19,23)/t13-/m1/s1. The zero-order valence-corrected chi connectivity index (χ0v) is 15.3. The predicted octanol–water partition coefficient (Wildman–Crippen LogP) is 3.05. The van der Waals surface area contributed by atoms with Crippen molar-refractivity contribution in [2.45, 2.75) is 50.7 Å². The van der Waals surface area contributed by atoms with E-state index in [0.29, 0.717) is 5.75 Å². The minimum atomic E-state index is 0.0393. The summed E-state index contributed by atoms with van der Waals surface area (Å²) in [7, 11) is 1.91. The molecule has 0 aliphatic rings. The molecule has 2 aromatic rings. The minimum absolute atomic E-state index is 0.0393. The number of carbonyl (C=O) groups excluding carboxylic acids is 1. The first kappa shape index (κ1) is 18.4. The molecule has 1 amide bonds. The number of unbranched alkanes of at least 4 members (excludes halogenated alkanes) is 2. The zero-order valence-electron chi connectivity index (χ0n) is 14.5. The number of carbonyl (C=O) groups is 1. The van der Waals surface area contributed by atoms with Gasteiger partial charge in [-0.1, -0.05) is 37.9 Å². The molecule has 6 nitrogen and oxygen atoms in total. The maximum absolute atomic E-state index is 12.0. The van der Waals surface area contributed by atoms with Crippen LogP contribution in [0.1, 0.15) is 39.5 Å². The van der Waals surface area contributed by atoms with E-state index >= 15 is 0 Å². The topological polar surface area (TPSA) is 72.7 Å². The normalized spacial score (nSPS) is 12.1. The second-order valence-corrected chi connectivity index (χ2v) is 6.80. The van der Waals surface area contributed by atoms with Crippen LogP contribution < -0.4 is 5.32 Å². The molecule has 2 rings (SSSR count). The fourth-order valence-corrected chi connectivity index (χ4v) is 3.13. The molecule has 130 valence electrons. The summed E-state index contributed by atoms with van der Waals surface area (Å²) in [4.78, 5) is 16.1. The van der Waals surface area contributed by atoms with Gasteiger partial charge in [0, 0.05) is 31.0 Å². The van der Waals surface area contributed by atoms with E-state index < -0.39 is 0 Å². The molecule has 0 aromatic carbocycles. The van der Waals surface area contributed by atoms with Crippen molar-refractivity contribution in [2.75, 3.05) is 5.75 Å². The molecule has 0 aliphatic heterocycles. The van der Waals surface area contributed by atoms with Crippen LogP contribution in [0, 0.1) is 0 Å². The van der Waals surface area contributed by atoms with Crippen molar-refractivity contribution >= 4 is 17.7 Å². The fourth-order valence-electron chi connectivity index (χ4n) is 2.41. The smallest absolute Gasteiger partial charge is 0.230 e. The van der Waals surface area contributed by atoms with Gasteiger partial charge in [0.15, 0.2) is 11.0 Å². The molecule has 1 N–H and O–H groups in total. The average molecular weight is 347 g/mol. The van der Waals surface area contributed by atoms with Crippen LogP contribution in [0.15, 0.2) is 29.7 Å². The molecule has 0 radical (unpaired) electrons. The first-order valence-corrected chi connectivity index (χ1v) is 9.32. The quantitative estimate of drug-likeness (QED) is 0.557. The van der Waals surface area contributed by atoms with E-state index in [1.807, 2.05) is 23.7 Å². The van der Waals surface area contributed by atoms with Crippen LogP contribution in [0.25, 0.3) is 11.4 Å². The fraction of sp³-hybridized carbons (Fsp3) is 0.529. The molecule has 0 saturated carbocycles. The Bertz CT molecular complexity index is 644. The van der Waals surface area contributed by atoms with E-state index in [1.165, 1.54) is 24.6 Å². The van der Waals surface area contributed by atoms with Crippen molar-refractivity contribution in [2.24, 2.45) is 7.05 Å². The Labute approximate surface area is 147 Å². The molecular weight excluding hydrogens is 322 g/mol. The molecule has 0 saturated heterocycles. The summed E-state index contributed by atoms with van der Waals surface area (Å²) in [6, 6.07) is 4.00. The highest BCUT2D eigenvalue weighted by Gasteiger charge is 2.13. The van der Waals surface area contributed by atoms with E-state index in [2.05, 4.69) is 34.3 Å². The van der Waals surface area contributed by atoms with Gasteiger partial charge in [0.05, 0.1) is 5.75 Å². The first-order chi connectivity index (χ1) is 11.6. The largest absolute Gasteiger partial charge is 0.353 e. The van der Waals surface area contributed by atoms with Crippen LogP contribution >= 0.6 is 11.8 Å². The zero-order chi connectivity index (χ0) is 17.4. The molecule has 0 fully saturated rings. The van der Waals surface area contributed by atoms with Crippen molar-refractivity contribution in [1.29, 1.82) is 0 Å². The molecule has 0 bridgehead atoms. The lowest BCUT2D eigenvalue weighted by Gasteiger charge is -2.13. The van der Waals surface area contributed by atoms with E-state index in [1.54, 1.807) is 12.4 Å². The third-order valence-corrected chi connectivity index (χ3v) is 4.77. The third-order valence-electron chi connectivity index (χ3n) is 3.75. The van der Waals surface area contributed by atoms with Crippen LogP contribution in [0.2, 0.25) is 0 Å². The van der Waals surface area contributed by atoms with Gasteiger partial charge in [-0.05, 0) is 25.5 Å². The van der Waals surface area contributed by atoms with E-state index in [4.69, 9.17) is 0 Å². The number of hydrogen-bond acceptors (Lipinski definition) is 5. The summed E-state index contributed by atoms with van der Waals surface area (Å²) in [6.45, 7) is 4.24. The molecule has 7 heteroatoms. The van der Waals surface area contributed by atoms with Gasteiger partial charge in [-0.2, -0.15) is 0 Å². The molecule has 2 aromatic heterocycles. The van der Waals surface area contributed by atoms with Crippen molar-refractivity contribution in [3.8, 4) is 11.4 Å². The van der Waals surface area contributed by atoms with E-state index in [0.717, 1.165) is 29.4 Å². The highest BCUT2D eigenvalue weighted by Crippen LogP contribution is 2.21. The molecule has 1 atom stereocenters. The van der Waals surface area contributed by atoms with Crippen molar-refractivity contribution < 1.29 is 4.79 Å². The van der Waals surface area contributed by atoms with Crippen LogP contribution in [0.5, 0.6) is 0 Å². The Morgan fingerprint density at radius 3 is 2.75 bits per heavy atom. The number of thioether (sulfide) groups is 1. The summed E-state index contributed by atoms with van der Waals surface area (Å²) in [5, 5.41) is 12.2. The Kier molecular flexibility index (Phi) is 7.24. The van der Waals surface area contributed by atoms with Gasteiger partial charge >= 0.3 is 0 Å². The Balaban J connectivity index is 1.84. The van der Waals surface area contributed by atoms with Crippen molar-refractivity contribution in [1.82, 2.24) is 25.1 Å². The number of nitrogens with one attached hydrogen (secondary N) is 1. The lowest BCUT2D eigenvalue weighted by Crippen LogP contribution is -2.33. The van der Waals surface area contributed by atoms with Gasteiger partial charge in [0.1, 0.15) is 0 Å². The van der Waals surface area contributed by atoms with Crippen LogP contribution in [0.3, 0.4) is 0 Å². The summed E-state index contributed by atoms with van der Waals surface area (Å²) in [5.41, 5.74) is 0.959. The minimum Gasteiger partial charge on any atom is -0.353 e. The molecular formula is C17H25N5OS. The van der Waals surface area contributed by atoms with Gasteiger partial charge in [0.2, 0.25) is 5.91 Å².